The van der Waals surface area contributed by atoms with Gasteiger partial charge in [0.05, 0.1) is 0 Å². The first-order chi connectivity index (χ1) is 10.2. The fourth-order valence-electron chi connectivity index (χ4n) is 2.94. The molecule has 0 spiro atoms. The zero-order valence-electron chi connectivity index (χ0n) is 12.1. The standard InChI is InChI=1S/C18H19FN2/c1-12-17(16-7-2-3-8-18(16)21-12)10-14(11-20)13-5-4-6-15(19)9-13/h2-9,14,21H,10-11,20H2,1H3. The maximum absolute atomic E-state index is 13.4. The number of hydrogen-bond donors (Lipinski definition) is 2. The van der Waals surface area contributed by atoms with Gasteiger partial charge in [0, 0.05) is 22.5 Å². The molecule has 108 valence electrons. The first kappa shape index (κ1) is 13.8. The van der Waals surface area contributed by atoms with E-state index in [9.17, 15) is 4.39 Å². The summed E-state index contributed by atoms with van der Waals surface area (Å²) in [6.07, 6.45) is 0.815. The van der Waals surface area contributed by atoms with Gasteiger partial charge in [-0.2, -0.15) is 0 Å². The van der Waals surface area contributed by atoms with E-state index in [1.54, 1.807) is 12.1 Å². The van der Waals surface area contributed by atoms with Crippen LogP contribution in [-0.4, -0.2) is 11.5 Å². The van der Waals surface area contributed by atoms with Gasteiger partial charge in [-0.1, -0.05) is 30.3 Å². The van der Waals surface area contributed by atoms with Gasteiger partial charge in [-0.15, -0.1) is 0 Å². The topological polar surface area (TPSA) is 41.8 Å². The molecule has 0 aliphatic rings. The molecule has 2 nitrogen and oxygen atoms in total. The predicted octanol–water partition coefficient (Wildman–Crippen LogP) is 3.90. The molecular formula is C18H19FN2. The van der Waals surface area contributed by atoms with E-state index >= 15 is 0 Å². The Morgan fingerprint density at radius 2 is 1.95 bits per heavy atom. The molecule has 0 aliphatic heterocycles. The number of H-pyrrole nitrogens is 1. The van der Waals surface area contributed by atoms with Crippen LogP contribution in [0.4, 0.5) is 4.39 Å². The zero-order chi connectivity index (χ0) is 14.8. The van der Waals surface area contributed by atoms with Crippen LogP contribution >= 0.6 is 0 Å². The highest BCUT2D eigenvalue weighted by Gasteiger charge is 2.16. The van der Waals surface area contributed by atoms with Crippen molar-refractivity contribution in [2.75, 3.05) is 6.54 Å². The van der Waals surface area contributed by atoms with Gasteiger partial charge < -0.3 is 10.7 Å². The highest BCUT2D eigenvalue weighted by molar-refractivity contribution is 5.84. The first-order valence-electron chi connectivity index (χ1n) is 7.20. The number of nitrogens with one attached hydrogen (secondary N) is 1. The van der Waals surface area contributed by atoms with Crippen LogP contribution in [0.2, 0.25) is 0 Å². The SMILES string of the molecule is Cc1[nH]c2ccccc2c1CC(CN)c1cccc(F)c1. The molecule has 3 aromatic rings. The summed E-state index contributed by atoms with van der Waals surface area (Å²) in [7, 11) is 0. The van der Waals surface area contributed by atoms with Crippen molar-refractivity contribution in [2.24, 2.45) is 5.73 Å². The van der Waals surface area contributed by atoms with Gasteiger partial charge in [0.25, 0.3) is 0 Å². The molecule has 3 N–H and O–H groups in total. The average molecular weight is 282 g/mol. The Hall–Kier alpha value is -2.13. The van der Waals surface area contributed by atoms with E-state index in [1.807, 2.05) is 18.2 Å². The lowest BCUT2D eigenvalue weighted by Gasteiger charge is -2.15. The molecule has 0 fully saturated rings. The second-order valence-corrected chi connectivity index (χ2v) is 5.47. The number of halogens is 1. The van der Waals surface area contributed by atoms with Gasteiger partial charge in [-0.05, 0) is 49.2 Å². The predicted molar refractivity (Wildman–Crippen MR) is 84.9 cm³/mol. The van der Waals surface area contributed by atoms with Crippen molar-refractivity contribution in [3.63, 3.8) is 0 Å². The van der Waals surface area contributed by atoms with Crippen molar-refractivity contribution in [1.29, 1.82) is 0 Å². The van der Waals surface area contributed by atoms with E-state index in [1.165, 1.54) is 17.0 Å². The maximum atomic E-state index is 13.4. The molecule has 21 heavy (non-hydrogen) atoms. The van der Waals surface area contributed by atoms with Crippen LogP contribution in [0, 0.1) is 12.7 Å². The second-order valence-electron chi connectivity index (χ2n) is 5.47. The molecule has 0 radical (unpaired) electrons. The van der Waals surface area contributed by atoms with Crippen molar-refractivity contribution >= 4 is 10.9 Å². The van der Waals surface area contributed by atoms with E-state index in [0.29, 0.717) is 6.54 Å². The summed E-state index contributed by atoms with van der Waals surface area (Å²) < 4.78 is 13.4. The summed E-state index contributed by atoms with van der Waals surface area (Å²) in [5.41, 5.74) is 10.5. The highest BCUT2D eigenvalue weighted by atomic mass is 19.1. The second kappa shape index (κ2) is 5.70. The average Bonchev–Trinajstić information content (AvgIpc) is 2.80. The Kier molecular flexibility index (Phi) is 3.76. The molecule has 0 saturated carbocycles. The van der Waals surface area contributed by atoms with Crippen LogP contribution in [-0.2, 0) is 6.42 Å². The fourth-order valence-corrected chi connectivity index (χ4v) is 2.94. The van der Waals surface area contributed by atoms with E-state index in [-0.39, 0.29) is 11.7 Å². The Labute approximate surface area is 123 Å². The van der Waals surface area contributed by atoms with Gasteiger partial charge in [0.1, 0.15) is 5.82 Å². The van der Waals surface area contributed by atoms with Gasteiger partial charge in [-0.3, -0.25) is 0 Å². The number of fused-ring (bicyclic) bond motifs is 1. The quantitative estimate of drug-likeness (QED) is 0.748. The number of aryl methyl sites for hydroxylation is 1. The first-order valence-corrected chi connectivity index (χ1v) is 7.20. The molecule has 0 amide bonds. The van der Waals surface area contributed by atoms with Crippen molar-refractivity contribution in [3.8, 4) is 0 Å². The minimum Gasteiger partial charge on any atom is -0.358 e. The summed E-state index contributed by atoms with van der Waals surface area (Å²) >= 11 is 0. The van der Waals surface area contributed by atoms with Gasteiger partial charge in [0.2, 0.25) is 0 Å². The third-order valence-electron chi connectivity index (χ3n) is 4.08. The van der Waals surface area contributed by atoms with Crippen molar-refractivity contribution in [2.45, 2.75) is 19.3 Å². The van der Waals surface area contributed by atoms with Crippen LogP contribution in [0.3, 0.4) is 0 Å². The van der Waals surface area contributed by atoms with Crippen LogP contribution in [0.15, 0.2) is 48.5 Å². The number of para-hydroxylation sites is 1. The minimum atomic E-state index is -0.207. The monoisotopic (exact) mass is 282 g/mol. The van der Waals surface area contributed by atoms with Crippen molar-refractivity contribution < 1.29 is 4.39 Å². The number of aromatic nitrogens is 1. The van der Waals surface area contributed by atoms with Gasteiger partial charge in [0.15, 0.2) is 0 Å². The summed E-state index contributed by atoms with van der Waals surface area (Å²) in [4.78, 5) is 3.40. The number of benzene rings is 2. The molecule has 1 unspecified atom stereocenters. The summed E-state index contributed by atoms with van der Waals surface area (Å²) in [6, 6.07) is 15.0. The number of aromatic amines is 1. The number of rotatable bonds is 4. The molecule has 1 heterocycles. The normalized spacial score (nSPS) is 12.7. The molecule has 1 aromatic heterocycles. The molecule has 0 bridgehead atoms. The molecule has 1 atom stereocenters. The van der Waals surface area contributed by atoms with Crippen LogP contribution in [0.1, 0.15) is 22.7 Å². The maximum Gasteiger partial charge on any atom is 0.123 e. The Balaban J connectivity index is 1.98. The third-order valence-corrected chi connectivity index (χ3v) is 4.08. The lowest BCUT2D eigenvalue weighted by atomic mass is 9.91. The van der Waals surface area contributed by atoms with E-state index in [0.717, 1.165) is 23.2 Å². The smallest absolute Gasteiger partial charge is 0.123 e. The van der Waals surface area contributed by atoms with E-state index in [2.05, 4.69) is 24.0 Å². The molecule has 2 aromatic carbocycles. The molecule has 0 aliphatic carbocycles. The lowest BCUT2D eigenvalue weighted by Crippen LogP contribution is -2.15. The highest BCUT2D eigenvalue weighted by Crippen LogP contribution is 2.28. The number of nitrogens with two attached hydrogens (primary N) is 1. The Morgan fingerprint density at radius 1 is 1.14 bits per heavy atom. The fraction of sp³-hybridized carbons (Fsp3) is 0.222. The number of hydrogen-bond acceptors (Lipinski definition) is 1. The van der Waals surface area contributed by atoms with Crippen LogP contribution < -0.4 is 5.73 Å². The van der Waals surface area contributed by atoms with Crippen molar-refractivity contribution in [1.82, 2.24) is 4.98 Å². The van der Waals surface area contributed by atoms with Crippen LogP contribution in [0.5, 0.6) is 0 Å². The Morgan fingerprint density at radius 3 is 2.71 bits per heavy atom. The minimum absolute atomic E-state index is 0.124. The molecular weight excluding hydrogens is 263 g/mol. The van der Waals surface area contributed by atoms with Gasteiger partial charge >= 0.3 is 0 Å². The largest absolute Gasteiger partial charge is 0.358 e. The zero-order valence-corrected chi connectivity index (χ0v) is 12.1. The van der Waals surface area contributed by atoms with Crippen LogP contribution in [0.25, 0.3) is 10.9 Å². The molecule has 0 saturated heterocycles. The third kappa shape index (κ3) is 2.69. The van der Waals surface area contributed by atoms with E-state index in [4.69, 9.17) is 5.73 Å². The summed E-state index contributed by atoms with van der Waals surface area (Å²) in [6.45, 7) is 2.58. The van der Waals surface area contributed by atoms with Crippen molar-refractivity contribution in [3.05, 3.63) is 71.2 Å². The molecule has 3 rings (SSSR count). The molecule has 3 heteroatoms. The van der Waals surface area contributed by atoms with Gasteiger partial charge in [-0.25, -0.2) is 4.39 Å². The Bertz CT molecular complexity index is 761. The summed E-state index contributed by atoms with van der Waals surface area (Å²) in [5.74, 6) is -0.0831. The summed E-state index contributed by atoms with van der Waals surface area (Å²) in [5, 5.41) is 1.23. The van der Waals surface area contributed by atoms with E-state index < -0.39 is 0 Å². The lowest BCUT2D eigenvalue weighted by molar-refractivity contribution is 0.617.